The van der Waals surface area contributed by atoms with Crippen LogP contribution in [0.4, 0.5) is 4.39 Å². The van der Waals surface area contributed by atoms with Gasteiger partial charge < -0.3 is 10.2 Å². The van der Waals surface area contributed by atoms with Gasteiger partial charge in [-0.3, -0.25) is 4.79 Å². The van der Waals surface area contributed by atoms with Crippen LogP contribution in [0.1, 0.15) is 20.3 Å². The minimum Gasteiger partial charge on any atom is -0.342 e. The fourth-order valence-electron chi connectivity index (χ4n) is 1.38. The van der Waals surface area contributed by atoms with Gasteiger partial charge in [0, 0.05) is 26.1 Å². The Balaban J connectivity index is 2.48. The highest BCUT2D eigenvalue weighted by molar-refractivity contribution is 5.82. The first-order valence-corrected chi connectivity index (χ1v) is 4.66. The van der Waals surface area contributed by atoms with E-state index in [0.717, 1.165) is 0 Å². The van der Waals surface area contributed by atoms with Crippen molar-refractivity contribution in [3.05, 3.63) is 0 Å². The summed E-state index contributed by atoms with van der Waals surface area (Å²) in [5.74, 6) is -0.00449. The van der Waals surface area contributed by atoms with Gasteiger partial charge in [-0.25, -0.2) is 4.39 Å². The first-order chi connectivity index (χ1) is 6.02. The number of carbonyl (C=O) groups is 1. The van der Waals surface area contributed by atoms with Crippen molar-refractivity contribution in [1.82, 2.24) is 10.2 Å². The number of rotatable bonds is 2. The van der Waals surface area contributed by atoms with E-state index >= 15 is 0 Å². The highest BCUT2D eigenvalue weighted by atomic mass is 19.1. The van der Waals surface area contributed by atoms with Crippen LogP contribution in [-0.2, 0) is 4.79 Å². The van der Waals surface area contributed by atoms with Crippen LogP contribution in [0, 0.1) is 0 Å². The summed E-state index contributed by atoms with van der Waals surface area (Å²) in [5, 5.41) is 2.88. The lowest BCUT2D eigenvalue weighted by atomic mass is 10.2. The van der Waals surface area contributed by atoms with E-state index in [-0.39, 0.29) is 18.0 Å². The van der Waals surface area contributed by atoms with Gasteiger partial charge in [-0.2, -0.15) is 0 Å². The van der Waals surface area contributed by atoms with E-state index in [9.17, 15) is 9.18 Å². The molecule has 4 heteroatoms. The molecule has 0 radical (unpaired) electrons. The van der Waals surface area contributed by atoms with Crippen LogP contribution in [0.3, 0.4) is 0 Å². The van der Waals surface area contributed by atoms with Gasteiger partial charge in [0.15, 0.2) is 0 Å². The van der Waals surface area contributed by atoms with Crippen molar-refractivity contribution in [2.75, 3.05) is 13.6 Å². The average Bonchev–Trinajstić information content (AvgIpc) is 2.49. The Morgan fingerprint density at radius 1 is 1.62 bits per heavy atom. The zero-order valence-corrected chi connectivity index (χ0v) is 8.38. The molecule has 0 spiro atoms. The van der Waals surface area contributed by atoms with Crippen LogP contribution in [0.15, 0.2) is 0 Å². The summed E-state index contributed by atoms with van der Waals surface area (Å²) >= 11 is 0. The maximum atomic E-state index is 12.8. The average molecular weight is 188 g/mol. The Hall–Kier alpha value is -0.640. The molecule has 3 nitrogen and oxygen atoms in total. The predicted octanol–water partition coefficient (Wildman–Crippen LogP) is 0.553. The lowest BCUT2D eigenvalue weighted by molar-refractivity contribution is -0.133. The van der Waals surface area contributed by atoms with E-state index in [1.807, 2.05) is 13.8 Å². The van der Waals surface area contributed by atoms with Crippen molar-refractivity contribution in [1.29, 1.82) is 0 Å². The minimum atomic E-state index is -0.866. The molecule has 0 saturated carbocycles. The summed E-state index contributed by atoms with van der Waals surface area (Å²) in [6, 6.07) is -0.143. The molecule has 0 aromatic carbocycles. The molecular formula is C9H17FN2O. The molecular weight excluding hydrogens is 171 g/mol. The molecule has 1 aliphatic rings. The fourth-order valence-corrected chi connectivity index (χ4v) is 1.38. The number of amides is 1. The summed E-state index contributed by atoms with van der Waals surface area (Å²) in [6.45, 7) is 4.20. The summed E-state index contributed by atoms with van der Waals surface area (Å²) in [6.07, 6.45) is -0.551. The zero-order chi connectivity index (χ0) is 10.0. The molecule has 0 aromatic rings. The minimum absolute atomic E-state index is 0.00449. The number of alkyl halides is 1. The standard InChI is InChI=1S/C9H17FN2O/c1-6(2)12(3)9(13)8-4-7(10)5-11-8/h6-8,11H,4-5H2,1-3H3/t7-,8+/m0/s1. The summed E-state index contributed by atoms with van der Waals surface area (Å²) < 4.78 is 12.8. The monoisotopic (exact) mass is 188 g/mol. The van der Waals surface area contributed by atoms with Crippen LogP contribution in [-0.4, -0.2) is 42.7 Å². The van der Waals surface area contributed by atoms with Gasteiger partial charge in [0.2, 0.25) is 5.91 Å². The number of hydrogen-bond donors (Lipinski definition) is 1. The predicted molar refractivity (Wildman–Crippen MR) is 49.2 cm³/mol. The van der Waals surface area contributed by atoms with Crippen LogP contribution in [0.5, 0.6) is 0 Å². The molecule has 0 aromatic heterocycles. The first-order valence-electron chi connectivity index (χ1n) is 4.66. The number of likely N-dealkylation sites (N-methyl/N-ethyl adjacent to an activating group) is 1. The molecule has 1 heterocycles. The molecule has 0 aliphatic carbocycles. The van der Waals surface area contributed by atoms with Gasteiger partial charge in [0.05, 0.1) is 6.04 Å². The van der Waals surface area contributed by atoms with Gasteiger partial charge in [0.1, 0.15) is 6.17 Å². The largest absolute Gasteiger partial charge is 0.342 e. The fraction of sp³-hybridized carbons (Fsp3) is 0.889. The molecule has 1 saturated heterocycles. The van der Waals surface area contributed by atoms with Crippen LogP contribution >= 0.6 is 0 Å². The normalized spacial score (nSPS) is 28.1. The lowest BCUT2D eigenvalue weighted by Gasteiger charge is -2.24. The third-order valence-corrected chi connectivity index (χ3v) is 2.50. The second-order valence-electron chi connectivity index (χ2n) is 3.84. The van der Waals surface area contributed by atoms with Crippen molar-refractivity contribution in [2.45, 2.75) is 38.5 Å². The van der Waals surface area contributed by atoms with Gasteiger partial charge in [-0.15, -0.1) is 0 Å². The van der Waals surface area contributed by atoms with Crippen molar-refractivity contribution in [3.8, 4) is 0 Å². The highest BCUT2D eigenvalue weighted by Gasteiger charge is 2.31. The van der Waals surface area contributed by atoms with Crippen molar-refractivity contribution < 1.29 is 9.18 Å². The molecule has 0 bridgehead atoms. The van der Waals surface area contributed by atoms with E-state index in [1.165, 1.54) is 0 Å². The molecule has 1 aliphatic heterocycles. The number of nitrogens with zero attached hydrogens (tertiary/aromatic N) is 1. The Bertz CT molecular complexity index is 196. The smallest absolute Gasteiger partial charge is 0.239 e. The highest BCUT2D eigenvalue weighted by Crippen LogP contribution is 2.12. The third kappa shape index (κ3) is 2.40. The molecule has 1 fully saturated rings. The second-order valence-corrected chi connectivity index (χ2v) is 3.84. The molecule has 0 unspecified atom stereocenters. The van der Waals surface area contributed by atoms with Crippen molar-refractivity contribution in [2.24, 2.45) is 0 Å². The van der Waals surface area contributed by atoms with E-state index in [0.29, 0.717) is 13.0 Å². The summed E-state index contributed by atoms with van der Waals surface area (Å²) in [5.41, 5.74) is 0. The van der Waals surface area contributed by atoms with E-state index in [1.54, 1.807) is 11.9 Å². The molecule has 13 heavy (non-hydrogen) atoms. The van der Waals surface area contributed by atoms with Crippen LogP contribution in [0.25, 0.3) is 0 Å². The number of hydrogen-bond acceptors (Lipinski definition) is 2. The summed E-state index contributed by atoms with van der Waals surface area (Å²) in [7, 11) is 1.75. The molecule has 2 atom stereocenters. The maximum absolute atomic E-state index is 12.8. The maximum Gasteiger partial charge on any atom is 0.239 e. The first kappa shape index (κ1) is 10.4. The Morgan fingerprint density at radius 3 is 2.62 bits per heavy atom. The lowest BCUT2D eigenvalue weighted by Crippen LogP contribution is -2.44. The van der Waals surface area contributed by atoms with Gasteiger partial charge >= 0.3 is 0 Å². The van der Waals surface area contributed by atoms with Crippen LogP contribution in [0.2, 0.25) is 0 Å². The zero-order valence-electron chi connectivity index (χ0n) is 8.38. The molecule has 1 N–H and O–H groups in total. The topological polar surface area (TPSA) is 32.3 Å². The van der Waals surface area contributed by atoms with E-state index in [4.69, 9.17) is 0 Å². The van der Waals surface area contributed by atoms with Crippen molar-refractivity contribution in [3.63, 3.8) is 0 Å². The Labute approximate surface area is 78.3 Å². The van der Waals surface area contributed by atoms with E-state index < -0.39 is 6.17 Å². The Kier molecular flexibility index (Phi) is 3.25. The number of nitrogens with one attached hydrogen (secondary N) is 1. The third-order valence-electron chi connectivity index (χ3n) is 2.50. The number of halogens is 1. The molecule has 76 valence electrons. The number of carbonyl (C=O) groups excluding carboxylic acids is 1. The van der Waals surface area contributed by atoms with Crippen molar-refractivity contribution >= 4 is 5.91 Å². The van der Waals surface area contributed by atoms with Gasteiger partial charge in [-0.05, 0) is 13.8 Å². The molecule has 1 amide bonds. The van der Waals surface area contributed by atoms with Gasteiger partial charge in [-0.1, -0.05) is 0 Å². The Morgan fingerprint density at radius 2 is 2.23 bits per heavy atom. The molecule has 1 rings (SSSR count). The second kappa shape index (κ2) is 4.05. The summed E-state index contributed by atoms with van der Waals surface area (Å²) in [4.78, 5) is 13.3. The van der Waals surface area contributed by atoms with Gasteiger partial charge in [0.25, 0.3) is 0 Å². The SMILES string of the molecule is CC(C)N(C)C(=O)[C@H]1C[C@H](F)CN1. The quantitative estimate of drug-likeness (QED) is 0.686. The van der Waals surface area contributed by atoms with Crippen LogP contribution < -0.4 is 5.32 Å². The van der Waals surface area contributed by atoms with E-state index in [2.05, 4.69) is 5.32 Å².